The molecule has 2 aliphatic rings. The Morgan fingerprint density at radius 1 is 1.03 bits per heavy atom. The van der Waals surface area contributed by atoms with E-state index in [1.165, 1.54) is 7.11 Å². The second-order valence-corrected chi connectivity index (χ2v) is 7.87. The van der Waals surface area contributed by atoms with Gasteiger partial charge in [0.05, 0.1) is 7.11 Å². The van der Waals surface area contributed by atoms with Crippen molar-refractivity contribution in [3.63, 3.8) is 0 Å². The van der Waals surface area contributed by atoms with Crippen molar-refractivity contribution in [2.75, 3.05) is 52.4 Å². The normalized spacial score (nSPS) is 20.1. The summed E-state index contributed by atoms with van der Waals surface area (Å²) in [5, 5.41) is 3.27. The number of ether oxygens (including phenoxy) is 3. The SMILES string of the molecule is COC(=O)C1CCCN1C(=O)c1ccc(N2CCC(CNC(OC)OC)CC2)cc1. The van der Waals surface area contributed by atoms with Crippen molar-refractivity contribution < 1.29 is 23.8 Å². The lowest BCUT2D eigenvalue weighted by Crippen LogP contribution is -2.41. The Balaban J connectivity index is 1.52. The van der Waals surface area contributed by atoms with Crippen molar-refractivity contribution in [3.05, 3.63) is 29.8 Å². The van der Waals surface area contributed by atoms with Crippen LogP contribution in [0.4, 0.5) is 5.69 Å². The van der Waals surface area contributed by atoms with Crippen molar-refractivity contribution in [1.82, 2.24) is 10.2 Å². The number of esters is 1. The highest BCUT2D eigenvalue weighted by molar-refractivity contribution is 5.97. The predicted molar refractivity (Wildman–Crippen MR) is 113 cm³/mol. The molecule has 2 aliphatic heterocycles. The molecule has 0 aromatic heterocycles. The van der Waals surface area contributed by atoms with Gasteiger partial charge in [0.25, 0.3) is 5.91 Å². The maximum Gasteiger partial charge on any atom is 0.328 e. The van der Waals surface area contributed by atoms with Gasteiger partial charge in [0.15, 0.2) is 0 Å². The molecule has 8 nitrogen and oxygen atoms in total. The molecular formula is C22H33N3O5. The second-order valence-electron chi connectivity index (χ2n) is 7.87. The number of carbonyl (C=O) groups excluding carboxylic acids is 2. The molecule has 3 rings (SSSR count). The molecule has 1 atom stereocenters. The first kappa shape index (κ1) is 22.5. The van der Waals surface area contributed by atoms with Crippen LogP contribution in [-0.2, 0) is 19.0 Å². The van der Waals surface area contributed by atoms with Crippen molar-refractivity contribution in [2.45, 2.75) is 38.1 Å². The van der Waals surface area contributed by atoms with Gasteiger partial charge in [0, 0.05) is 51.6 Å². The topological polar surface area (TPSA) is 80.3 Å². The number of likely N-dealkylation sites (tertiary alicyclic amines) is 1. The number of carbonyl (C=O) groups is 2. The molecule has 1 N–H and O–H groups in total. The highest BCUT2D eigenvalue weighted by atomic mass is 16.7. The first-order valence-corrected chi connectivity index (χ1v) is 10.6. The molecule has 0 spiro atoms. The van der Waals surface area contributed by atoms with E-state index in [0.717, 1.165) is 44.6 Å². The fourth-order valence-electron chi connectivity index (χ4n) is 4.29. The van der Waals surface area contributed by atoms with Gasteiger partial charge in [-0.05, 0) is 55.9 Å². The lowest BCUT2D eigenvalue weighted by atomic mass is 9.96. The number of anilines is 1. The lowest BCUT2D eigenvalue weighted by molar-refractivity contribution is -0.145. The maximum absolute atomic E-state index is 12.9. The number of piperidine rings is 1. The molecule has 0 radical (unpaired) electrons. The molecule has 1 unspecified atom stereocenters. The van der Waals surface area contributed by atoms with E-state index in [0.29, 0.717) is 24.4 Å². The number of nitrogens with one attached hydrogen (secondary N) is 1. The van der Waals surface area contributed by atoms with Gasteiger partial charge in [-0.2, -0.15) is 0 Å². The van der Waals surface area contributed by atoms with E-state index < -0.39 is 6.04 Å². The van der Waals surface area contributed by atoms with Crippen LogP contribution in [0.25, 0.3) is 0 Å². The van der Waals surface area contributed by atoms with E-state index in [-0.39, 0.29) is 18.3 Å². The first-order valence-electron chi connectivity index (χ1n) is 10.6. The fourth-order valence-corrected chi connectivity index (χ4v) is 4.29. The minimum atomic E-state index is -0.467. The van der Waals surface area contributed by atoms with Crippen molar-refractivity contribution >= 4 is 17.6 Å². The van der Waals surface area contributed by atoms with Crippen LogP contribution >= 0.6 is 0 Å². The zero-order valence-electron chi connectivity index (χ0n) is 18.1. The third-order valence-corrected chi connectivity index (χ3v) is 6.08. The van der Waals surface area contributed by atoms with Gasteiger partial charge in [-0.15, -0.1) is 0 Å². The van der Waals surface area contributed by atoms with Crippen molar-refractivity contribution in [1.29, 1.82) is 0 Å². The van der Waals surface area contributed by atoms with Gasteiger partial charge in [0.2, 0.25) is 6.41 Å². The largest absolute Gasteiger partial charge is 0.467 e. The molecule has 2 saturated heterocycles. The third kappa shape index (κ3) is 5.30. The van der Waals surface area contributed by atoms with E-state index in [1.54, 1.807) is 19.1 Å². The number of hydrogen-bond donors (Lipinski definition) is 1. The van der Waals surface area contributed by atoms with Crippen LogP contribution in [0.2, 0.25) is 0 Å². The van der Waals surface area contributed by atoms with Crippen molar-refractivity contribution in [2.24, 2.45) is 5.92 Å². The van der Waals surface area contributed by atoms with Crippen LogP contribution < -0.4 is 10.2 Å². The monoisotopic (exact) mass is 419 g/mol. The quantitative estimate of drug-likeness (QED) is 0.509. The van der Waals surface area contributed by atoms with E-state index in [9.17, 15) is 9.59 Å². The number of methoxy groups -OCH3 is 3. The number of rotatable bonds is 8. The summed E-state index contributed by atoms with van der Waals surface area (Å²) in [6.07, 6.45) is 3.30. The second kappa shape index (κ2) is 10.7. The molecule has 1 aromatic rings. The summed E-state index contributed by atoms with van der Waals surface area (Å²) in [6, 6.07) is 7.26. The fraction of sp³-hybridized carbons (Fsp3) is 0.636. The number of hydrogen-bond acceptors (Lipinski definition) is 7. The molecular weight excluding hydrogens is 386 g/mol. The van der Waals surface area contributed by atoms with Gasteiger partial charge in [-0.25, -0.2) is 4.79 Å². The minimum absolute atomic E-state index is 0.106. The van der Waals surface area contributed by atoms with E-state index in [2.05, 4.69) is 10.2 Å². The Bertz CT molecular complexity index is 699. The highest BCUT2D eigenvalue weighted by Crippen LogP contribution is 2.25. The number of amides is 1. The summed E-state index contributed by atoms with van der Waals surface area (Å²) >= 11 is 0. The standard InChI is InChI=1S/C22H33N3O5/c1-28-21(27)19-5-4-12-25(19)20(26)17-6-8-18(9-7-17)24-13-10-16(11-14-24)15-23-22(29-2)30-3/h6-9,16,19,22-23H,4-5,10-15H2,1-3H3. The zero-order valence-corrected chi connectivity index (χ0v) is 18.1. The molecule has 2 heterocycles. The molecule has 166 valence electrons. The number of benzene rings is 1. The Morgan fingerprint density at radius 2 is 1.70 bits per heavy atom. The van der Waals surface area contributed by atoms with Crippen LogP contribution in [0.15, 0.2) is 24.3 Å². The maximum atomic E-state index is 12.9. The van der Waals surface area contributed by atoms with E-state index >= 15 is 0 Å². The molecule has 2 fully saturated rings. The molecule has 8 heteroatoms. The average Bonchev–Trinajstić information content (AvgIpc) is 3.29. The predicted octanol–water partition coefficient (Wildman–Crippen LogP) is 1.85. The smallest absolute Gasteiger partial charge is 0.328 e. The molecule has 30 heavy (non-hydrogen) atoms. The van der Waals surface area contributed by atoms with Crippen LogP contribution in [-0.4, -0.2) is 76.7 Å². The molecule has 0 aliphatic carbocycles. The van der Waals surface area contributed by atoms with Gasteiger partial charge in [-0.3, -0.25) is 10.1 Å². The first-order chi connectivity index (χ1) is 14.6. The Morgan fingerprint density at radius 3 is 2.30 bits per heavy atom. The van der Waals surface area contributed by atoms with E-state index in [1.807, 2.05) is 24.3 Å². The summed E-state index contributed by atoms with van der Waals surface area (Å²) in [6.45, 7) is 3.40. The van der Waals surface area contributed by atoms with Crippen LogP contribution in [0, 0.1) is 5.92 Å². The van der Waals surface area contributed by atoms with Gasteiger partial charge in [0.1, 0.15) is 6.04 Å². The Hall–Kier alpha value is -2.16. The van der Waals surface area contributed by atoms with E-state index in [4.69, 9.17) is 14.2 Å². The minimum Gasteiger partial charge on any atom is -0.467 e. The number of nitrogens with zero attached hydrogens (tertiary/aromatic N) is 2. The molecule has 1 amide bonds. The summed E-state index contributed by atoms with van der Waals surface area (Å²) in [5.74, 6) is 0.141. The Labute approximate surface area is 178 Å². The van der Waals surface area contributed by atoms with Gasteiger partial charge in [-0.1, -0.05) is 0 Å². The van der Waals surface area contributed by atoms with Crippen molar-refractivity contribution in [3.8, 4) is 0 Å². The zero-order chi connectivity index (χ0) is 21.5. The van der Waals surface area contributed by atoms with Gasteiger partial charge < -0.3 is 24.0 Å². The summed E-state index contributed by atoms with van der Waals surface area (Å²) < 4.78 is 15.2. The third-order valence-electron chi connectivity index (χ3n) is 6.08. The van der Waals surface area contributed by atoms with Crippen LogP contribution in [0.1, 0.15) is 36.0 Å². The summed E-state index contributed by atoms with van der Waals surface area (Å²) in [4.78, 5) is 28.8. The Kier molecular flexibility index (Phi) is 8.07. The summed E-state index contributed by atoms with van der Waals surface area (Å²) in [7, 11) is 4.61. The average molecular weight is 420 g/mol. The van der Waals surface area contributed by atoms with Crippen LogP contribution in [0.5, 0.6) is 0 Å². The highest BCUT2D eigenvalue weighted by Gasteiger charge is 2.35. The molecule has 0 saturated carbocycles. The van der Waals surface area contributed by atoms with Gasteiger partial charge >= 0.3 is 5.97 Å². The lowest BCUT2D eigenvalue weighted by Gasteiger charge is -2.34. The van der Waals surface area contributed by atoms with Crippen LogP contribution in [0.3, 0.4) is 0 Å². The molecule has 0 bridgehead atoms. The summed E-state index contributed by atoms with van der Waals surface area (Å²) in [5.41, 5.74) is 1.73. The molecule has 1 aromatic carbocycles.